The Balaban J connectivity index is 2.30. The molecular formula is C14H13N3. The van der Waals surface area contributed by atoms with Crippen LogP contribution >= 0.6 is 0 Å². The SMILES string of the molecule is Cc1cccc(-c2ncnc3c2ccn3C)c1. The molecule has 0 N–H and O–H groups in total. The van der Waals surface area contributed by atoms with Crippen molar-refractivity contribution in [1.29, 1.82) is 0 Å². The number of aryl methyl sites for hydroxylation is 2. The topological polar surface area (TPSA) is 30.7 Å². The zero-order valence-electron chi connectivity index (χ0n) is 9.88. The van der Waals surface area contributed by atoms with E-state index in [1.54, 1.807) is 6.33 Å². The van der Waals surface area contributed by atoms with Gasteiger partial charge in [-0.05, 0) is 19.1 Å². The molecule has 0 saturated carbocycles. The first kappa shape index (κ1) is 10.0. The van der Waals surface area contributed by atoms with E-state index < -0.39 is 0 Å². The summed E-state index contributed by atoms with van der Waals surface area (Å²) in [6, 6.07) is 10.4. The smallest absolute Gasteiger partial charge is 0.143 e. The molecule has 0 spiro atoms. The van der Waals surface area contributed by atoms with Gasteiger partial charge in [0.2, 0.25) is 0 Å². The van der Waals surface area contributed by atoms with Crippen LogP contribution in [0.2, 0.25) is 0 Å². The molecule has 0 radical (unpaired) electrons. The summed E-state index contributed by atoms with van der Waals surface area (Å²) in [5.74, 6) is 0. The summed E-state index contributed by atoms with van der Waals surface area (Å²) in [5, 5.41) is 1.10. The molecule has 0 aliphatic rings. The van der Waals surface area contributed by atoms with Crippen molar-refractivity contribution < 1.29 is 0 Å². The molecule has 0 fully saturated rings. The fraction of sp³-hybridized carbons (Fsp3) is 0.143. The molecule has 0 unspecified atom stereocenters. The molecular weight excluding hydrogens is 210 g/mol. The van der Waals surface area contributed by atoms with Gasteiger partial charge >= 0.3 is 0 Å². The standard InChI is InChI=1S/C14H13N3/c1-10-4-3-5-11(8-10)13-12-6-7-17(2)14(12)16-9-15-13/h3-9H,1-2H3. The maximum atomic E-state index is 4.41. The third-order valence-corrected chi connectivity index (χ3v) is 2.95. The van der Waals surface area contributed by atoms with Gasteiger partial charge in [-0.15, -0.1) is 0 Å². The molecule has 0 atom stereocenters. The zero-order valence-corrected chi connectivity index (χ0v) is 9.88. The van der Waals surface area contributed by atoms with E-state index in [4.69, 9.17) is 0 Å². The minimum Gasteiger partial charge on any atom is -0.335 e. The Morgan fingerprint density at radius 2 is 2.00 bits per heavy atom. The molecule has 3 nitrogen and oxygen atoms in total. The summed E-state index contributed by atoms with van der Waals surface area (Å²) in [5.41, 5.74) is 4.35. The van der Waals surface area contributed by atoms with Crippen molar-refractivity contribution in [2.75, 3.05) is 0 Å². The molecule has 2 heterocycles. The number of nitrogens with zero attached hydrogens (tertiary/aromatic N) is 3. The summed E-state index contributed by atoms with van der Waals surface area (Å²) < 4.78 is 2.01. The van der Waals surface area contributed by atoms with E-state index in [1.807, 2.05) is 17.8 Å². The van der Waals surface area contributed by atoms with E-state index >= 15 is 0 Å². The highest BCUT2D eigenvalue weighted by atomic mass is 15.0. The van der Waals surface area contributed by atoms with Gasteiger partial charge < -0.3 is 4.57 Å². The average Bonchev–Trinajstić information content (AvgIpc) is 2.71. The van der Waals surface area contributed by atoms with E-state index in [0.29, 0.717) is 0 Å². The summed E-state index contributed by atoms with van der Waals surface area (Å²) in [6.07, 6.45) is 3.64. The van der Waals surface area contributed by atoms with Crippen molar-refractivity contribution in [3.05, 3.63) is 48.4 Å². The molecule has 3 aromatic rings. The van der Waals surface area contributed by atoms with E-state index in [1.165, 1.54) is 5.56 Å². The highest BCUT2D eigenvalue weighted by Crippen LogP contribution is 2.25. The highest BCUT2D eigenvalue weighted by molar-refractivity contribution is 5.90. The van der Waals surface area contributed by atoms with Crippen LogP contribution in [0.5, 0.6) is 0 Å². The van der Waals surface area contributed by atoms with Crippen molar-refractivity contribution in [3.63, 3.8) is 0 Å². The second-order valence-electron chi connectivity index (χ2n) is 4.26. The van der Waals surface area contributed by atoms with Crippen LogP contribution in [0.25, 0.3) is 22.3 Å². The highest BCUT2D eigenvalue weighted by Gasteiger charge is 2.08. The van der Waals surface area contributed by atoms with Gasteiger partial charge in [-0.2, -0.15) is 0 Å². The molecule has 0 saturated heterocycles. The molecule has 2 aromatic heterocycles. The van der Waals surface area contributed by atoms with Crippen LogP contribution in [-0.2, 0) is 7.05 Å². The number of hydrogen-bond donors (Lipinski definition) is 0. The fourth-order valence-electron chi connectivity index (χ4n) is 2.10. The van der Waals surface area contributed by atoms with Crippen molar-refractivity contribution in [3.8, 4) is 11.3 Å². The molecule has 17 heavy (non-hydrogen) atoms. The maximum absolute atomic E-state index is 4.41. The minimum absolute atomic E-state index is 0.969. The molecule has 0 amide bonds. The molecule has 1 aromatic carbocycles. The Hall–Kier alpha value is -2.16. The lowest BCUT2D eigenvalue weighted by molar-refractivity contribution is 0.944. The molecule has 3 rings (SSSR count). The first-order valence-corrected chi connectivity index (χ1v) is 5.59. The van der Waals surface area contributed by atoms with Crippen molar-refractivity contribution in [2.45, 2.75) is 6.92 Å². The Labute approximate surface area is 99.8 Å². The van der Waals surface area contributed by atoms with Crippen molar-refractivity contribution >= 4 is 11.0 Å². The van der Waals surface area contributed by atoms with Crippen LogP contribution in [0, 0.1) is 6.92 Å². The number of benzene rings is 1. The largest absolute Gasteiger partial charge is 0.335 e. The van der Waals surface area contributed by atoms with Gasteiger partial charge in [0.1, 0.15) is 12.0 Å². The van der Waals surface area contributed by atoms with Crippen LogP contribution in [-0.4, -0.2) is 14.5 Å². The lowest BCUT2D eigenvalue weighted by atomic mass is 10.1. The summed E-state index contributed by atoms with van der Waals surface area (Å²) in [4.78, 5) is 8.71. The fourth-order valence-corrected chi connectivity index (χ4v) is 2.10. The molecule has 0 aliphatic heterocycles. The summed E-state index contributed by atoms with van der Waals surface area (Å²) >= 11 is 0. The molecule has 84 valence electrons. The van der Waals surface area contributed by atoms with Crippen molar-refractivity contribution in [2.24, 2.45) is 7.05 Å². The lowest BCUT2D eigenvalue weighted by Gasteiger charge is -2.03. The normalized spacial score (nSPS) is 10.9. The molecule has 0 aliphatic carbocycles. The summed E-state index contributed by atoms with van der Waals surface area (Å²) in [7, 11) is 2.00. The number of rotatable bonds is 1. The zero-order chi connectivity index (χ0) is 11.8. The molecule has 0 bridgehead atoms. The van der Waals surface area contributed by atoms with Gasteiger partial charge in [-0.25, -0.2) is 9.97 Å². The van der Waals surface area contributed by atoms with E-state index in [2.05, 4.69) is 47.2 Å². The third-order valence-electron chi connectivity index (χ3n) is 2.95. The van der Waals surface area contributed by atoms with Crippen molar-refractivity contribution in [1.82, 2.24) is 14.5 Å². The lowest BCUT2D eigenvalue weighted by Crippen LogP contribution is -1.91. The Bertz CT molecular complexity index is 683. The van der Waals surface area contributed by atoms with Crippen LogP contribution in [0.3, 0.4) is 0 Å². The van der Waals surface area contributed by atoms with Crippen LogP contribution in [0.1, 0.15) is 5.56 Å². The number of aromatic nitrogens is 3. The number of fused-ring (bicyclic) bond motifs is 1. The van der Waals surface area contributed by atoms with E-state index in [-0.39, 0.29) is 0 Å². The Kier molecular flexibility index (Phi) is 2.18. The molecule has 3 heteroatoms. The Morgan fingerprint density at radius 3 is 2.82 bits per heavy atom. The van der Waals surface area contributed by atoms with Crippen LogP contribution in [0.15, 0.2) is 42.9 Å². The van der Waals surface area contributed by atoms with Gasteiger partial charge in [0, 0.05) is 24.2 Å². The second-order valence-corrected chi connectivity index (χ2v) is 4.26. The number of hydrogen-bond acceptors (Lipinski definition) is 2. The van der Waals surface area contributed by atoms with Gasteiger partial charge in [0.15, 0.2) is 0 Å². The van der Waals surface area contributed by atoms with Gasteiger partial charge in [-0.1, -0.05) is 23.8 Å². The monoisotopic (exact) mass is 223 g/mol. The second kappa shape index (κ2) is 3.70. The average molecular weight is 223 g/mol. The Morgan fingerprint density at radius 1 is 1.12 bits per heavy atom. The van der Waals surface area contributed by atoms with Gasteiger partial charge in [0.05, 0.1) is 5.69 Å². The van der Waals surface area contributed by atoms with Crippen LogP contribution in [0.4, 0.5) is 0 Å². The van der Waals surface area contributed by atoms with E-state index in [0.717, 1.165) is 22.3 Å². The predicted molar refractivity (Wildman–Crippen MR) is 68.7 cm³/mol. The maximum Gasteiger partial charge on any atom is 0.143 e. The third kappa shape index (κ3) is 1.60. The quantitative estimate of drug-likeness (QED) is 0.635. The first-order chi connectivity index (χ1) is 8.25. The predicted octanol–water partition coefficient (Wildman–Crippen LogP) is 2.94. The van der Waals surface area contributed by atoms with E-state index in [9.17, 15) is 0 Å². The van der Waals surface area contributed by atoms with Gasteiger partial charge in [-0.3, -0.25) is 0 Å². The first-order valence-electron chi connectivity index (χ1n) is 5.59. The van der Waals surface area contributed by atoms with Crippen LogP contribution < -0.4 is 0 Å². The van der Waals surface area contributed by atoms with Gasteiger partial charge in [0.25, 0.3) is 0 Å². The summed E-state index contributed by atoms with van der Waals surface area (Å²) in [6.45, 7) is 2.09. The minimum atomic E-state index is 0.969.